The van der Waals surface area contributed by atoms with Gasteiger partial charge in [0.05, 0.1) is 61.5 Å². The maximum Gasteiger partial charge on any atom is 1.00 e. The van der Waals surface area contributed by atoms with Gasteiger partial charge in [-0.3, -0.25) is 43.4 Å². The van der Waals surface area contributed by atoms with Crippen LogP contribution in [0.5, 0.6) is 17.2 Å². The van der Waals surface area contributed by atoms with Crippen molar-refractivity contribution in [3.8, 4) is 39.1 Å². The summed E-state index contributed by atoms with van der Waals surface area (Å²) in [4.78, 5) is 120. The molecule has 91 heavy (non-hydrogen) atoms. The van der Waals surface area contributed by atoms with E-state index in [2.05, 4.69) is 42.9 Å². The van der Waals surface area contributed by atoms with E-state index in [0.717, 1.165) is 59.4 Å². The Balaban J connectivity index is 0.0000118. The minimum Gasteiger partial charge on any atom is -0.691 e. The first-order chi connectivity index (χ1) is 42.9. The Morgan fingerprint density at radius 3 is 2.25 bits per heavy atom. The Kier molecular flexibility index (Phi) is 25.5. The van der Waals surface area contributed by atoms with Crippen molar-refractivity contribution >= 4 is 75.9 Å². The normalized spacial score (nSPS) is 24.7. The number of aromatic nitrogens is 3. The molecule has 14 N–H and O–H groups in total. The minimum absolute atomic E-state index is 0. The van der Waals surface area contributed by atoms with Crippen LogP contribution in [0.2, 0.25) is 0 Å². The molecule has 8 amide bonds. The molecule has 3 aromatic carbocycles. The summed E-state index contributed by atoms with van der Waals surface area (Å²) in [5, 5.41) is 110. The molecule has 0 saturated carbocycles. The number of carbonyl (C=O) groups excluding carboxylic acids is 8. The van der Waals surface area contributed by atoms with Crippen molar-refractivity contribution in [2.24, 2.45) is 11.7 Å². The SMILES string of the molecule is CCCCCOc1cccc(-c2nn3cc(-c4ccc(C(=O)NC5CC(O)CNC(=O)C6C(O)C(C)CN6C(=O)C(C(O)CC(N)=O)NC(=O)C(C(O)Cc6ccc(O)c(OSOO[O-])c6)NC(=O)C6CC(O)CN6C(=O)C(C(C)O)NC5=O)cc4)nc3s2)c1.[Na+]. The molecule has 34 heteroatoms. The van der Waals surface area contributed by atoms with E-state index in [1.165, 1.54) is 36.5 Å². The summed E-state index contributed by atoms with van der Waals surface area (Å²) in [6.45, 7) is 3.56. The van der Waals surface area contributed by atoms with Crippen LogP contribution >= 0.6 is 23.7 Å². The number of amides is 8. The van der Waals surface area contributed by atoms with Crippen LogP contribution in [0.3, 0.4) is 0 Å². The van der Waals surface area contributed by atoms with Crippen LogP contribution in [0.4, 0.5) is 0 Å². The Labute approximate surface area is 550 Å². The largest absolute Gasteiger partial charge is 1.00 e. The monoisotopic (exact) mass is 1320 g/mol. The number of β-amino-alcohol motifs (C(OH)–C–C–N with tert-alkyl or cyclic N) is 1. The predicted octanol–water partition coefficient (Wildman–Crippen LogP) is -5.61. The Morgan fingerprint density at radius 2 is 1.56 bits per heavy atom. The van der Waals surface area contributed by atoms with Gasteiger partial charge < -0.3 is 92.0 Å². The minimum atomic E-state index is -2.22. The first-order valence-corrected chi connectivity index (χ1v) is 30.2. The predicted molar refractivity (Wildman–Crippen MR) is 314 cm³/mol. The van der Waals surface area contributed by atoms with E-state index in [1.807, 2.05) is 24.3 Å². The van der Waals surface area contributed by atoms with Gasteiger partial charge in [0.25, 0.3) is 18.2 Å². The molecular weight excluding hydrogens is 1250 g/mol. The molecule has 2 aromatic heterocycles. The molecule has 3 saturated heterocycles. The van der Waals surface area contributed by atoms with Crippen LogP contribution in [-0.4, -0.2) is 207 Å². The molecule has 0 spiro atoms. The molecular formula is C57H70N11NaO20S2. The van der Waals surface area contributed by atoms with E-state index in [9.17, 15) is 79.4 Å². The molecule has 0 bridgehead atoms. The average molecular weight is 1320 g/mol. The summed E-state index contributed by atoms with van der Waals surface area (Å²) in [6.07, 6.45) is -8.90. The van der Waals surface area contributed by atoms with Crippen molar-refractivity contribution in [3.63, 3.8) is 0 Å². The summed E-state index contributed by atoms with van der Waals surface area (Å²) in [7, 11) is 0. The van der Waals surface area contributed by atoms with Crippen LogP contribution in [0.25, 0.3) is 26.8 Å². The summed E-state index contributed by atoms with van der Waals surface area (Å²) in [5.41, 5.74) is 7.42. The number of ether oxygens (including phenoxy) is 1. The second-order valence-corrected chi connectivity index (χ2v) is 23.6. The second-order valence-electron chi connectivity index (χ2n) is 22.2. The third-order valence-electron chi connectivity index (χ3n) is 15.4. The van der Waals surface area contributed by atoms with Crippen molar-refractivity contribution in [1.82, 2.24) is 51.0 Å². The maximum atomic E-state index is 14.7. The zero-order valence-corrected chi connectivity index (χ0v) is 53.4. The first-order valence-electron chi connectivity index (χ1n) is 28.7. The van der Waals surface area contributed by atoms with Gasteiger partial charge in [0.15, 0.2) is 11.5 Å². The van der Waals surface area contributed by atoms with Gasteiger partial charge in [-0.1, -0.05) is 68.4 Å². The van der Waals surface area contributed by atoms with Crippen LogP contribution in [0.15, 0.2) is 72.9 Å². The smallest absolute Gasteiger partial charge is 0.691 e. The number of nitrogens with zero attached hydrogens (tertiary/aromatic N) is 5. The molecule has 8 rings (SSSR count). The number of hydrogen-bond donors (Lipinski definition) is 13. The number of unbranched alkanes of at least 4 members (excludes halogenated alkanes) is 2. The van der Waals surface area contributed by atoms with E-state index in [0.29, 0.717) is 27.8 Å². The Hall–Kier alpha value is -7.09. The van der Waals surface area contributed by atoms with Gasteiger partial charge in [0.1, 0.15) is 47.0 Å². The summed E-state index contributed by atoms with van der Waals surface area (Å²) in [5.74, 6) is -10.5. The molecule has 5 aromatic rings. The van der Waals surface area contributed by atoms with Crippen molar-refractivity contribution in [2.45, 2.75) is 139 Å². The van der Waals surface area contributed by atoms with Gasteiger partial charge in [0.2, 0.25) is 46.3 Å². The number of nitrogens with one attached hydrogen (secondary N) is 5. The number of rotatable bonds is 20. The quantitative estimate of drug-likeness (QED) is 0.0114. The molecule has 0 radical (unpaired) electrons. The fraction of sp³-hybridized carbons (Fsp3) is 0.474. The molecule has 31 nitrogen and oxygen atoms in total. The van der Waals surface area contributed by atoms with Gasteiger partial charge in [-0.05, 0) is 55.3 Å². The zero-order valence-electron chi connectivity index (χ0n) is 49.8. The number of phenols is 1. The fourth-order valence-corrected chi connectivity index (χ4v) is 11.8. The molecule has 3 aliphatic rings. The number of benzene rings is 3. The number of aromatic hydroxyl groups is 1. The van der Waals surface area contributed by atoms with Crippen LogP contribution < -0.4 is 76.1 Å². The van der Waals surface area contributed by atoms with E-state index in [1.54, 1.807) is 22.8 Å². The van der Waals surface area contributed by atoms with E-state index in [-0.39, 0.29) is 58.8 Å². The van der Waals surface area contributed by atoms with Crippen LogP contribution in [-0.2, 0) is 49.4 Å². The molecule has 3 fully saturated rings. The zero-order chi connectivity index (χ0) is 65.1. The number of phenolic OH excluding ortho intramolecular Hbond substituents is 1. The summed E-state index contributed by atoms with van der Waals surface area (Å²) in [6, 6.07) is 5.40. The molecule has 13 atom stereocenters. The summed E-state index contributed by atoms with van der Waals surface area (Å²) < 4.78 is 16.7. The number of hydrogen-bond acceptors (Lipinski definition) is 24. The number of aliphatic hydroxyl groups excluding tert-OH is 6. The van der Waals surface area contributed by atoms with Gasteiger partial charge in [0, 0.05) is 61.5 Å². The summed E-state index contributed by atoms with van der Waals surface area (Å²) >= 11 is 1.34. The van der Waals surface area contributed by atoms with Gasteiger partial charge in [-0.25, -0.2) is 9.50 Å². The van der Waals surface area contributed by atoms with Crippen LogP contribution in [0, 0.1) is 5.92 Å². The van der Waals surface area contributed by atoms with E-state index < -0.39 is 177 Å². The number of fused-ring (bicyclic) bond motifs is 3. The van der Waals surface area contributed by atoms with Crippen LogP contribution in [0.1, 0.15) is 75.2 Å². The second kappa shape index (κ2) is 32.5. The Bertz CT molecular complexity index is 3370. The average Bonchev–Trinajstić information content (AvgIpc) is 1.96. The number of carbonyl (C=O) groups is 8. The third-order valence-corrected chi connectivity index (χ3v) is 16.7. The van der Waals surface area contributed by atoms with E-state index >= 15 is 0 Å². The fourth-order valence-electron chi connectivity index (χ4n) is 10.7. The molecule has 0 aliphatic carbocycles. The molecule has 13 unspecified atom stereocenters. The topological polar surface area (TPSA) is 461 Å². The van der Waals surface area contributed by atoms with Crippen molar-refractivity contribution in [2.75, 3.05) is 26.2 Å². The van der Waals surface area contributed by atoms with Crippen molar-refractivity contribution in [3.05, 3.63) is 84.1 Å². The van der Waals surface area contributed by atoms with Crippen molar-refractivity contribution < 1.29 is 127 Å². The molecule has 3 aliphatic heterocycles. The standard InChI is InChI=1S/C57H71N11O20S2.Na/c1-4-5-6-16-85-35-9-7-8-32(19-35)54-65-68-26-37(61-57(68)89-54)30-11-13-31(14-12-30)49(77)60-36-20-33(70)23-59-53(81)47-48(76)27(2)24-67(47)56(83)46(41(74)22-43(58)75)64-52(80)45(40(73)17-29-10-15-39(72)42(18-29)86-90-88-87-84)63-51(79)38-21-34(71)25-66(38)55(82)44(28(3)69)62-50(36)78;/h7-15,18-19,26-28,33-34,36,38,40-41,44-48,69-74,76,84H,4-6,16-17,20-25H2,1-3H3,(H2,58,75)(H,59,81)(H,60,77)(H,62,78)(H,63,79)(H,64,80);/q;+1/p-1. The number of primary amides is 1. The number of imidazole rings is 1. The van der Waals surface area contributed by atoms with E-state index in [4.69, 9.17) is 24.7 Å². The van der Waals surface area contributed by atoms with Gasteiger partial charge >= 0.3 is 29.6 Å². The van der Waals surface area contributed by atoms with Gasteiger partial charge in [-0.2, -0.15) is 5.10 Å². The molecule has 5 heterocycles. The first kappa shape index (κ1) is 71.4. The maximum absolute atomic E-state index is 14.7. The van der Waals surface area contributed by atoms with Crippen molar-refractivity contribution in [1.29, 1.82) is 0 Å². The third kappa shape index (κ3) is 17.9. The molecule has 486 valence electrons. The number of aliphatic hydroxyl groups is 6. The van der Waals surface area contributed by atoms with Gasteiger partial charge in [-0.15, -0.1) is 4.33 Å². The Morgan fingerprint density at radius 1 is 0.846 bits per heavy atom. The number of nitrogens with two attached hydrogens (primary N) is 1.